The fourth-order valence-corrected chi connectivity index (χ4v) is 4.37. The van der Waals surface area contributed by atoms with E-state index in [-0.39, 0.29) is 5.56 Å². The summed E-state index contributed by atoms with van der Waals surface area (Å²) in [5.74, 6) is -1.37. The molecule has 0 aliphatic rings. The Hall–Kier alpha value is -2.51. The molecule has 0 radical (unpaired) electrons. The molecule has 0 N–H and O–H groups in total. The highest BCUT2D eigenvalue weighted by Gasteiger charge is 2.13. The summed E-state index contributed by atoms with van der Waals surface area (Å²) in [4.78, 5) is 18.7. The van der Waals surface area contributed by atoms with Crippen LogP contribution in [0.25, 0.3) is 10.9 Å². The third-order valence-electron chi connectivity index (χ3n) is 4.07. The van der Waals surface area contributed by atoms with Crippen LogP contribution in [0.5, 0.6) is 0 Å². The van der Waals surface area contributed by atoms with Crippen LogP contribution in [0.2, 0.25) is 0 Å². The first-order valence-electron chi connectivity index (χ1n) is 8.20. The van der Waals surface area contributed by atoms with Crippen LogP contribution >= 0.6 is 23.1 Å². The van der Waals surface area contributed by atoms with Crippen molar-refractivity contribution in [1.29, 1.82) is 0 Å². The fourth-order valence-electron chi connectivity index (χ4n) is 2.73. The van der Waals surface area contributed by atoms with Crippen molar-refractivity contribution in [3.8, 4) is 0 Å². The molecule has 27 heavy (non-hydrogen) atoms. The van der Waals surface area contributed by atoms with E-state index in [9.17, 15) is 13.6 Å². The maximum absolute atomic E-state index is 13.5. The van der Waals surface area contributed by atoms with Gasteiger partial charge in [0.15, 0.2) is 16.8 Å². The van der Waals surface area contributed by atoms with Crippen molar-refractivity contribution < 1.29 is 8.78 Å². The molecule has 4 rings (SSSR count). The molecule has 0 aliphatic heterocycles. The topological polar surface area (TPSA) is 34.9 Å². The van der Waals surface area contributed by atoms with E-state index in [0.29, 0.717) is 33.9 Å². The molecule has 0 saturated heterocycles. The fraction of sp³-hybridized carbons (Fsp3) is 0.100. The molecule has 3 nitrogen and oxygen atoms in total. The predicted octanol–water partition coefficient (Wildman–Crippen LogP) is 5.08. The van der Waals surface area contributed by atoms with Crippen molar-refractivity contribution in [2.24, 2.45) is 0 Å². The van der Waals surface area contributed by atoms with E-state index in [1.54, 1.807) is 28.0 Å². The number of thiophene rings is 1. The maximum Gasteiger partial charge on any atom is 0.262 e. The Morgan fingerprint density at radius 3 is 2.67 bits per heavy atom. The van der Waals surface area contributed by atoms with Crippen LogP contribution in [0.4, 0.5) is 8.78 Å². The summed E-state index contributed by atoms with van der Waals surface area (Å²) >= 11 is 2.90. The van der Waals surface area contributed by atoms with Crippen molar-refractivity contribution in [1.82, 2.24) is 9.55 Å². The lowest BCUT2D eigenvalue weighted by atomic mass is 10.2. The minimum Gasteiger partial charge on any atom is -0.282 e. The van der Waals surface area contributed by atoms with Gasteiger partial charge in [0.25, 0.3) is 5.56 Å². The highest BCUT2D eigenvalue weighted by atomic mass is 32.2. The highest BCUT2D eigenvalue weighted by molar-refractivity contribution is 7.98. The van der Waals surface area contributed by atoms with Crippen LogP contribution in [0.15, 0.2) is 69.9 Å². The lowest BCUT2D eigenvalue weighted by Gasteiger charge is -2.12. The van der Waals surface area contributed by atoms with Crippen molar-refractivity contribution in [2.45, 2.75) is 17.5 Å². The summed E-state index contributed by atoms with van der Waals surface area (Å²) in [6.07, 6.45) is 0. The average molecular weight is 400 g/mol. The van der Waals surface area contributed by atoms with Gasteiger partial charge in [-0.2, -0.15) is 0 Å². The Balaban J connectivity index is 1.73. The zero-order chi connectivity index (χ0) is 18.8. The van der Waals surface area contributed by atoms with Crippen molar-refractivity contribution in [3.05, 3.63) is 92.4 Å². The monoisotopic (exact) mass is 400 g/mol. The predicted molar refractivity (Wildman–Crippen MR) is 105 cm³/mol. The Morgan fingerprint density at radius 1 is 1.04 bits per heavy atom. The van der Waals surface area contributed by atoms with E-state index in [1.165, 1.54) is 23.9 Å². The van der Waals surface area contributed by atoms with Gasteiger partial charge >= 0.3 is 0 Å². The van der Waals surface area contributed by atoms with Crippen LogP contribution in [0.3, 0.4) is 0 Å². The molecule has 7 heteroatoms. The number of halogens is 2. The minimum atomic E-state index is -0.879. The standard InChI is InChI=1S/C20H14F2N2OS2/c21-16-8-7-13(10-17(16)22)12-27-20-23-18-6-2-1-5-15(18)19(25)24(20)11-14-4-3-9-26-14/h1-10H,11-12H2. The Morgan fingerprint density at radius 2 is 1.89 bits per heavy atom. The minimum absolute atomic E-state index is 0.109. The molecule has 136 valence electrons. The number of hydrogen-bond acceptors (Lipinski definition) is 4. The molecule has 0 saturated carbocycles. The first-order valence-corrected chi connectivity index (χ1v) is 10.1. The number of nitrogens with zero attached hydrogens (tertiary/aromatic N) is 2. The second-order valence-electron chi connectivity index (χ2n) is 5.92. The van der Waals surface area contributed by atoms with Crippen molar-refractivity contribution in [2.75, 3.05) is 0 Å². The number of para-hydroxylation sites is 1. The third-order valence-corrected chi connectivity index (χ3v) is 5.98. The van der Waals surface area contributed by atoms with E-state index < -0.39 is 11.6 Å². The normalized spacial score (nSPS) is 11.2. The lowest BCUT2D eigenvalue weighted by molar-refractivity contribution is 0.507. The maximum atomic E-state index is 13.5. The van der Waals surface area contributed by atoms with E-state index in [1.807, 2.05) is 29.6 Å². The summed E-state index contributed by atoms with van der Waals surface area (Å²) < 4.78 is 28.2. The molecular weight excluding hydrogens is 386 g/mol. The lowest BCUT2D eigenvalue weighted by Crippen LogP contribution is -2.23. The van der Waals surface area contributed by atoms with Crippen molar-refractivity contribution in [3.63, 3.8) is 0 Å². The number of benzene rings is 2. The second kappa shape index (κ2) is 7.62. The van der Waals surface area contributed by atoms with Gasteiger partial charge in [-0.25, -0.2) is 13.8 Å². The van der Waals surface area contributed by atoms with E-state index in [2.05, 4.69) is 4.98 Å². The van der Waals surface area contributed by atoms with Gasteiger partial charge in [0.2, 0.25) is 0 Å². The molecule has 0 fully saturated rings. The Bertz CT molecular complexity index is 1160. The largest absolute Gasteiger partial charge is 0.282 e. The van der Waals surface area contributed by atoms with E-state index >= 15 is 0 Å². The van der Waals surface area contributed by atoms with Gasteiger partial charge in [-0.1, -0.05) is 36.0 Å². The number of hydrogen-bond donors (Lipinski definition) is 0. The summed E-state index contributed by atoms with van der Waals surface area (Å²) in [7, 11) is 0. The van der Waals surface area contributed by atoms with Crippen LogP contribution in [0.1, 0.15) is 10.4 Å². The van der Waals surface area contributed by atoms with Crippen molar-refractivity contribution >= 4 is 34.0 Å². The molecule has 2 heterocycles. The Kier molecular flexibility index (Phi) is 5.05. The Labute approximate surface area is 162 Å². The molecule has 0 unspecified atom stereocenters. The zero-order valence-electron chi connectivity index (χ0n) is 14.1. The van der Waals surface area contributed by atoms with Crippen LogP contribution in [-0.2, 0) is 12.3 Å². The van der Waals surface area contributed by atoms with Gasteiger partial charge in [0.1, 0.15) is 0 Å². The molecule has 0 bridgehead atoms. The quantitative estimate of drug-likeness (QED) is 0.346. The molecule has 0 amide bonds. The molecule has 0 atom stereocenters. The molecule has 2 aromatic carbocycles. The summed E-state index contributed by atoms with van der Waals surface area (Å²) in [5.41, 5.74) is 1.14. The van der Waals surface area contributed by atoms with E-state index in [0.717, 1.165) is 10.9 Å². The highest BCUT2D eigenvalue weighted by Crippen LogP contribution is 2.24. The SMILES string of the molecule is O=c1c2ccccc2nc(SCc2ccc(F)c(F)c2)n1Cc1cccs1. The average Bonchev–Trinajstić information content (AvgIpc) is 3.18. The van der Waals surface area contributed by atoms with Gasteiger partial charge in [0.05, 0.1) is 17.4 Å². The smallest absolute Gasteiger partial charge is 0.262 e. The van der Waals surface area contributed by atoms with Gasteiger partial charge in [0, 0.05) is 10.6 Å². The second-order valence-corrected chi connectivity index (χ2v) is 7.89. The van der Waals surface area contributed by atoms with Gasteiger partial charge in [-0.15, -0.1) is 11.3 Å². The van der Waals surface area contributed by atoms with E-state index in [4.69, 9.17) is 0 Å². The first kappa shape index (κ1) is 17.9. The number of aromatic nitrogens is 2. The summed E-state index contributed by atoms with van der Waals surface area (Å²) in [6.45, 7) is 0.425. The van der Waals surface area contributed by atoms with Gasteiger partial charge in [-0.3, -0.25) is 9.36 Å². The third kappa shape index (κ3) is 3.79. The van der Waals surface area contributed by atoms with Crippen LogP contribution in [0, 0.1) is 11.6 Å². The summed E-state index contributed by atoms with van der Waals surface area (Å²) in [5, 5.41) is 3.08. The first-order chi connectivity index (χ1) is 13.1. The summed E-state index contributed by atoms with van der Waals surface area (Å²) in [6, 6.07) is 14.9. The zero-order valence-corrected chi connectivity index (χ0v) is 15.7. The molecule has 0 aliphatic carbocycles. The molecule has 0 spiro atoms. The number of thioether (sulfide) groups is 1. The number of fused-ring (bicyclic) bond motifs is 1. The van der Waals surface area contributed by atoms with Crippen LogP contribution < -0.4 is 5.56 Å². The molecule has 2 aromatic heterocycles. The molecular formula is C20H14F2N2OS2. The van der Waals surface area contributed by atoms with Gasteiger partial charge < -0.3 is 0 Å². The molecule has 4 aromatic rings. The van der Waals surface area contributed by atoms with Gasteiger partial charge in [-0.05, 0) is 41.3 Å². The van der Waals surface area contributed by atoms with Crippen LogP contribution in [-0.4, -0.2) is 9.55 Å². The number of rotatable bonds is 5.